The summed E-state index contributed by atoms with van der Waals surface area (Å²) in [6.07, 6.45) is -1.57. The van der Waals surface area contributed by atoms with Crippen LogP contribution in [0.3, 0.4) is 0 Å². The van der Waals surface area contributed by atoms with E-state index in [1.807, 2.05) is 68.4 Å². The van der Waals surface area contributed by atoms with Crippen molar-refractivity contribution < 1.29 is 18.9 Å². The van der Waals surface area contributed by atoms with Crippen molar-refractivity contribution in [2.24, 2.45) is 11.5 Å². The molecular formula is C28H32N2O4. The number of rotatable bonds is 7. The number of ether oxygens (including phenoxy) is 4. The highest BCUT2D eigenvalue weighted by Gasteiger charge is 2.61. The Morgan fingerprint density at radius 3 is 1.71 bits per heavy atom. The Morgan fingerprint density at radius 2 is 1.26 bits per heavy atom. The molecule has 6 nitrogen and oxygen atoms in total. The summed E-state index contributed by atoms with van der Waals surface area (Å²) >= 11 is 0. The van der Waals surface area contributed by atoms with Crippen LogP contribution in [-0.2, 0) is 24.5 Å². The van der Waals surface area contributed by atoms with Crippen LogP contribution in [0.25, 0.3) is 0 Å². The van der Waals surface area contributed by atoms with Gasteiger partial charge in [-0.15, -0.1) is 0 Å². The van der Waals surface area contributed by atoms with E-state index in [0.717, 1.165) is 16.7 Å². The molecule has 6 heteroatoms. The van der Waals surface area contributed by atoms with Gasteiger partial charge in [-0.25, -0.2) is 0 Å². The standard InChI is InChI=1S/C28H32N2O4/c1-26(2)33-24-25(34-26)32-23(27(24,30)19-29)18-31-28(20-12-6-3-7-13-20,21-14-8-4-9-15-21)22-16-10-5-11-17-22/h3-17,23-25H,18-19,29-30H2,1-2H3/t23-,24+,25-,27-/m1/s1. The molecular weight excluding hydrogens is 428 g/mol. The topological polar surface area (TPSA) is 89.0 Å². The predicted octanol–water partition coefficient (Wildman–Crippen LogP) is 3.53. The number of nitrogens with two attached hydrogens (primary N) is 2. The fourth-order valence-corrected chi connectivity index (χ4v) is 5.08. The lowest BCUT2D eigenvalue weighted by Crippen LogP contribution is -2.62. The molecule has 0 bridgehead atoms. The van der Waals surface area contributed by atoms with E-state index in [4.69, 9.17) is 30.4 Å². The van der Waals surface area contributed by atoms with Gasteiger partial charge in [-0.3, -0.25) is 0 Å². The molecule has 0 spiro atoms. The quantitative estimate of drug-likeness (QED) is 0.525. The Balaban J connectivity index is 1.55. The number of hydrogen-bond acceptors (Lipinski definition) is 6. The summed E-state index contributed by atoms with van der Waals surface area (Å²) in [5, 5.41) is 0. The van der Waals surface area contributed by atoms with Crippen molar-refractivity contribution >= 4 is 0 Å². The molecule has 5 rings (SSSR count). The van der Waals surface area contributed by atoms with Crippen LogP contribution < -0.4 is 11.5 Å². The first-order chi connectivity index (χ1) is 16.4. The van der Waals surface area contributed by atoms with Crippen molar-refractivity contribution in [2.45, 2.75) is 49.3 Å². The number of fused-ring (bicyclic) bond motifs is 1. The van der Waals surface area contributed by atoms with Gasteiger partial charge in [-0.1, -0.05) is 91.0 Å². The zero-order chi connectivity index (χ0) is 23.8. The maximum atomic E-state index is 6.91. The van der Waals surface area contributed by atoms with E-state index < -0.39 is 35.4 Å². The normalized spacial score (nSPS) is 28.1. The lowest BCUT2D eigenvalue weighted by molar-refractivity contribution is -0.219. The van der Waals surface area contributed by atoms with Gasteiger partial charge in [0.2, 0.25) is 0 Å². The minimum absolute atomic E-state index is 0.177. The first kappa shape index (κ1) is 23.2. The predicted molar refractivity (Wildman–Crippen MR) is 130 cm³/mol. The van der Waals surface area contributed by atoms with Crippen LogP contribution in [0.5, 0.6) is 0 Å². The van der Waals surface area contributed by atoms with Crippen molar-refractivity contribution in [3.63, 3.8) is 0 Å². The van der Waals surface area contributed by atoms with Crippen molar-refractivity contribution in [2.75, 3.05) is 13.2 Å². The fraction of sp³-hybridized carbons (Fsp3) is 0.357. The molecule has 4 atom stereocenters. The molecule has 0 saturated carbocycles. The number of hydrogen-bond donors (Lipinski definition) is 2. The van der Waals surface area contributed by atoms with E-state index in [1.165, 1.54) is 0 Å². The summed E-state index contributed by atoms with van der Waals surface area (Å²) in [5.41, 5.74) is 14.2. The van der Waals surface area contributed by atoms with Crippen LogP contribution in [0.15, 0.2) is 91.0 Å². The minimum Gasteiger partial charge on any atom is -0.358 e. The molecule has 2 heterocycles. The molecule has 0 radical (unpaired) electrons. The summed E-state index contributed by atoms with van der Waals surface area (Å²) in [5.74, 6) is -0.775. The molecule has 2 aliphatic rings. The Hall–Kier alpha value is -2.58. The van der Waals surface area contributed by atoms with Crippen molar-refractivity contribution in [3.05, 3.63) is 108 Å². The first-order valence-corrected chi connectivity index (χ1v) is 11.7. The van der Waals surface area contributed by atoms with Gasteiger partial charge in [0.05, 0.1) is 12.1 Å². The molecule has 2 saturated heterocycles. The molecule has 4 N–H and O–H groups in total. The molecule has 3 aromatic carbocycles. The first-order valence-electron chi connectivity index (χ1n) is 11.7. The third-order valence-corrected chi connectivity index (χ3v) is 6.83. The fourth-order valence-electron chi connectivity index (χ4n) is 5.08. The van der Waals surface area contributed by atoms with Gasteiger partial charge < -0.3 is 30.4 Å². The molecule has 2 fully saturated rings. The Morgan fingerprint density at radius 1 is 0.794 bits per heavy atom. The van der Waals surface area contributed by atoms with E-state index in [2.05, 4.69) is 36.4 Å². The average Bonchev–Trinajstić information content (AvgIpc) is 3.31. The smallest absolute Gasteiger partial charge is 0.189 e. The van der Waals surface area contributed by atoms with Gasteiger partial charge in [0.15, 0.2) is 12.1 Å². The van der Waals surface area contributed by atoms with Crippen LogP contribution in [-0.4, -0.2) is 43.0 Å². The van der Waals surface area contributed by atoms with E-state index >= 15 is 0 Å². The summed E-state index contributed by atoms with van der Waals surface area (Å²) in [7, 11) is 0. The van der Waals surface area contributed by atoms with Gasteiger partial charge in [0.25, 0.3) is 0 Å². The maximum Gasteiger partial charge on any atom is 0.189 e. The molecule has 0 aliphatic carbocycles. The molecule has 178 valence electrons. The highest BCUT2D eigenvalue weighted by Crippen LogP contribution is 2.44. The van der Waals surface area contributed by atoms with Gasteiger partial charge in [0.1, 0.15) is 17.8 Å². The molecule has 3 aromatic rings. The summed E-state index contributed by atoms with van der Waals surface area (Å²) in [4.78, 5) is 0. The van der Waals surface area contributed by atoms with Gasteiger partial charge in [0, 0.05) is 6.54 Å². The van der Waals surface area contributed by atoms with Crippen LogP contribution in [0.1, 0.15) is 30.5 Å². The van der Waals surface area contributed by atoms with Gasteiger partial charge in [-0.05, 0) is 30.5 Å². The van der Waals surface area contributed by atoms with Crippen LogP contribution in [0.2, 0.25) is 0 Å². The van der Waals surface area contributed by atoms with Crippen LogP contribution >= 0.6 is 0 Å². The van der Waals surface area contributed by atoms with E-state index in [0.29, 0.717) is 0 Å². The average molecular weight is 461 g/mol. The third-order valence-electron chi connectivity index (χ3n) is 6.83. The second-order valence-corrected chi connectivity index (χ2v) is 9.46. The Bertz CT molecular complexity index is 996. The molecule has 0 amide bonds. The number of benzene rings is 3. The van der Waals surface area contributed by atoms with Crippen molar-refractivity contribution in [3.8, 4) is 0 Å². The van der Waals surface area contributed by atoms with Crippen LogP contribution in [0.4, 0.5) is 0 Å². The van der Waals surface area contributed by atoms with Crippen LogP contribution in [0, 0.1) is 0 Å². The van der Waals surface area contributed by atoms with Gasteiger partial charge in [-0.2, -0.15) is 0 Å². The molecule has 0 unspecified atom stereocenters. The maximum absolute atomic E-state index is 6.91. The van der Waals surface area contributed by atoms with Gasteiger partial charge >= 0.3 is 0 Å². The highest BCUT2D eigenvalue weighted by atomic mass is 16.8. The zero-order valence-electron chi connectivity index (χ0n) is 19.6. The van der Waals surface area contributed by atoms with Crippen molar-refractivity contribution in [1.29, 1.82) is 0 Å². The summed E-state index contributed by atoms with van der Waals surface area (Å²) in [6, 6.07) is 30.6. The third kappa shape index (κ3) is 3.86. The molecule has 34 heavy (non-hydrogen) atoms. The zero-order valence-corrected chi connectivity index (χ0v) is 19.6. The molecule has 2 aliphatic heterocycles. The van der Waals surface area contributed by atoms with E-state index in [-0.39, 0.29) is 13.2 Å². The second kappa shape index (κ2) is 8.89. The summed E-state index contributed by atoms with van der Waals surface area (Å²) in [6.45, 7) is 4.08. The monoisotopic (exact) mass is 460 g/mol. The van der Waals surface area contributed by atoms with E-state index in [9.17, 15) is 0 Å². The Labute approximate surface area is 200 Å². The Kier molecular flexibility index (Phi) is 6.06. The highest BCUT2D eigenvalue weighted by molar-refractivity contribution is 5.47. The van der Waals surface area contributed by atoms with E-state index in [1.54, 1.807) is 0 Å². The lowest BCUT2D eigenvalue weighted by Gasteiger charge is -2.39. The lowest BCUT2D eigenvalue weighted by atomic mass is 9.80. The second-order valence-electron chi connectivity index (χ2n) is 9.46. The summed E-state index contributed by atoms with van der Waals surface area (Å²) < 4.78 is 25.2. The largest absolute Gasteiger partial charge is 0.358 e. The SMILES string of the molecule is CC1(C)O[C@H]2O[C@H](COC(c3ccccc3)(c3ccccc3)c3ccccc3)[C@](N)(CN)[C@H]2O1. The van der Waals surface area contributed by atoms with Crippen molar-refractivity contribution in [1.82, 2.24) is 0 Å². The molecule has 0 aromatic heterocycles. The minimum atomic E-state index is -0.950.